The summed E-state index contributed by atoms with van der Waals surface area (Å²) < 4.78 is 0. The van der Waals surface area contributed by atoms with E-state index < -0.39 is 0 Å². The lowest BCUT2D eigenvalue weighted by molar-refractivity contribution is 0.0530. The highest BCUT2D eigenvalue weighted by Crippen LogP contribution is 2.57. The van der Waals surface area contributed by atoms with Gasteiger partial charge in [-0.25, -0.2) is 4.79 Å². The van der Waals surface area contributed by atoms with Gasteiger partial charge in [0.05, 0.1) is 5.54 Å². The number of carbonyl (C=O) groups is 1. The Bertz CT molecular complexity index is 871. The Morgan fingerprint density at radius 3 is 2.16 bits per heavy atom. The number of primary amides is 1. The van der Waals surface area contributed by atoms with Gasteiger partial charge in [0.1, 0.15) is 0 Å². The fraction of sp³-hybridized carbons (Fsp3) is 0.519. The SMILES string of the molecule is CC(C)CC1C2CC3C(CN2)C1N(C(N)=O)C3(Cc1ccccc1)Cc1ccccc1. The van der Waals surface area contributed by atoms with Gasteiger partial charge in [0, 0.05) is 18.6 Å². The number of amides is 2. The first-order chi connectivity index (χ1) is 15.0. The molecular formula is C27H35N3O. The number of fused-ring (bicyclic) bond motifs is 1. The monoisotopic (exact) mass is 417 g/mol. The van der Waals surface area contributed by atoms with E-state index in [0.717, 1.165) is 32.2 Å². The molecular weight excluding hydrogens is 382 g/mol. The first kappa shape index (κ1) is 20.6. The Balaban J connectivity index is 1.62. The fourth-order valence-electron chi connectivity index (χ4n) is 7.29. The summed E-state index contributed by atoms with van der Waals surface area (Å²) in [6, 6.07) is 21.9. The van der Waals surface area contributed by atoms with E-state index in [1.807, 2.05) is 0 Å². The van der Waals surface area contributed by atoms with Gasteiger partial charge in [-0.3, -0.25) is 0 Å². The van der Waals surface area contributed by atoms with E-state index in [1.54, 1.807) is 0 Å². The Labute approximate surface area is 186 Å². The summed E-state index contributed by atoms with van der Waals surface area (Å²) in [6.07, 6.45) is 4.01. The van der Waals surface area contributed by atoms with Crippen LogP contribution in [0.15, 0.2) is 60.7 Å². The molecule has 4 heteroatoms. The number of hydrogen-bond donors (Lipinski definition) is 2. The number of rotatable bonds is 6. The second-order valence-electron chi connectivity index (χ2n) is 10.4. The minimum absolute atomic E-state index is 0.235. The lowest BCUT2D eigenvalue weighted by atomic mass is 9.61. The maximum atomic E-state index is 13.2. The normalized spacial score (nSPS) is 30.7. The lowest BCUT2D eigenvalue weighted by Gasteiger charge is -2.49. The first-order valence-corrected chi connectivity index (χ1v) is 11.9. The molecule has 6 rings (SSSR count). The van der Waals surface area contributed by atoms with Crippen LogP contribution in [0.3, 0.4) is 0 Å². The third-order valence-corrected chi connectivity index (χ3v) is 8.19. The summed E-state index contributed by atoms with van der Waals surface area (Å²) in [5.74, 6) is 2.04. The van der Waals surface area contributed by atoms with Gasteiger partial charge in [-0.05, 0) is 60.5 Å². The Hall–Kier alpha value is -2.33. The van der Waals surface area contributed by atoms with E-state index >= 15 is 0 Å². The van der Waals surface area contributed by atoms with E-state index in [4.69, 9.17) is 5.73 Å². The summed E-state index contributed by atoms with van der Waals surface area (Å²) in [5, 5.41) is 3.82. The van der Waals surface area contributed by atoms with Crippen LogP contribution in [0.5, 0.6) is 0 Å². The molecule has 0 spiro atoms. The average molecular weight is 418 g/mol. The van der Waals surface area contributed by atoms with Crippen molar-refractivity contribution in [2.45, 2.75) is 57.2 Å². The topological polar surface area (TPSA) is 58.4 Å². The quantitative estimate of drug-likeness (QED) is 0.738. The summed E-state index contributed by atoms with van der Waals surface area (Å²) in [4.78, 5) is 15.4. The van der Waals surface area contributed by atoms with Gasteiger partial charge in [-0.1, -0.05) is 74.5 Å². The van der Waals surface area contributed by atoms with Crippen molar-refractivity contribution in [3.8, 4) is 0 Å². The molecule has 0 radical (unpaired) electrons. The van der Waals surface area contributed by atoms with E-state index in [1.165, 1.54) is 11.1 Å². The fourth-order valence-corrected chi connectivity index (χ4v) is 7.29. The van der Waals surface area contributed by atoms with E-state index in [-0.39, 0.29) is 17.6 Å². The molecule has 2 aromatic carbocycles. The lowest BCUT2D eigenvalue weighted by Crippen LogP contribution is -2.61. The van der Waals surface area contributed by atoms with E-state index in [2.05, 4.69) is 84.7 Å². The first-order valence-electron chi connectivity index (χ1n) is 11.9. The Kier molecular flexibility index (Phi) is 5.29. The number of piperidine rings is 2. The zero-order valence-corrected chi connectivity index (χ0v) is 18.7. The van der Waals surface area contributed by atoms with Gasteiger partial charge < -0.3 is 16.0 Å². The minimum atomic E-state index is -0.268. The van der Waals surface area contributed by atoms with Crippen molar-refractivity contribution in [2.75, 3.05) is 6.54 Å². The molecule has 2 amide bonds. The molecule has 1 aliphatic carbocycles. The summed E-state index contributed by atoms with van der Waals surface area (Å²) in [5.41, 5.74) is 8.55. The highest BCUT2D eigenvalue weighted by Gasteiger charge is 2.66. The van der Waals surface area contributed by atoms with Gasteiger partial charge in [0.25, 0.3) is 0 Å². The molecule has 5 unspecified atom stereocenters. The third-order valence-electron chi connectivity index (χ3n) is 8.19. The Morgan fingerprint density at radius 1 is 1.06 bits per heavy atom. The van der Waals surface area contributed by atoms with Gasteiger partial charge in [-0.15, -0.1) is 0 Å². The van der Waals surface area contributed by atoms with Crippen molar-refractivity contribution in [3.63, 3.8) is 0 Å². The number of nitrogens with two attached hydrogens (primary N) is 1. The number of carbonyl (C=O) groups excluding carboxylic acids is 1. The van der Waals surface area contributed by atoms with Crippen LogP contribution in [-0.2, 0) is 12.8 Å². The zero-order valence-electron chi connectivity index (χ0n) is 18.7. The largest absolute Gasteiger partial charge is 0.351 e. The number of nitrogens with one attached hydrogen (secondary N) is 1. The molecule has 4 nitrogen and oxygen atoms in total. The molecule has 3 N–H and O–H groups in total. The van der Waals surface area contributed by atoms with Crippen LogP contribution >= 0.6 is 0 Å². The molecule has 0 aromatic heterocycles. The highest BCUT2D eigenvalue weighted by molar-refractivity contribution is 5.75. The average Bonchev–Trinajstić information content (AvgIpc) is 2.98. The molecule has 2 aromatic rings. The molecule has 4 fully saturated rings. The van der Waals surface area contributed by atoms with Gasteiger partial charge in [-0.2, -0.15) is 0 Å². The van der Waals surface area contributed by atoms with E-state index in [0.29, 0.717) is 29.7 Å². The predicted octanol–water partition coefficient (Wildman–Crippen LogP) is 4.24. The number of benzene rings is 2. The minimum Gasteiger partial charge on any atom is -0.351 e. The Morgan fingerprint density at radius 2 is 1.65 bits per heavy atom. The maximum Gasteiger partial charge on any atom is 0.315 e. The van der Waals surface area contributed by atoms with Crippen molar-refractivity contribution in [2.24, 2.45) is 29.4 Å². The molecule has 1 saturated carbocycles. The third kappa shape index (κ3) is 3.45. The molecule has 4 bridgehead atoms. The smallest absolute Gasteiger partial charge is 0.315 e. The van der Waals surface area contributed by atoms with Crippen molar-refractivity contribution in [1.29, 1.82) is 0 Å². The standard InChI is InChI=1S/C27H35N3O/c1-18(2)13-21-24-14-23-22(17-29-24)25(21)30(26(28)31)27(23,15-19-9-5-3-6-10-19)16-20-11-7-4-8-12-20/h3-12,18,21-25,29H,13-17H2,1-2H3,(H2,28,31). The zero-order chi connectivity index (χ0) is 21.6. The van der Waals surface area contributed by atoms with Crippen LogP contribution in [0.4, 0.5) is 4.79 Å². The van der Waals surface area contributed by atoms with Crippen molar-refractivity contribution in [1.82, 2.24) is 10.2 Å². The van der Waals surface area contributed by atoms with Crippen molar-refractivity contribution in [3.05, 3.63) is 71.8 Å². The number of hydrogen-bond acceptors (Lipinski definition) is 2. The second-order valence-corrected chi connectivity index (χ2v) is 10.4. The van der Waals surface area contributed by atoms with Crippen LogP contribution in [0.2, 0.25) is 0 Å². The van der Waals surface area contributed by atoms with Crippen LogP contribution in [0.25, 0.3) is 0 Å². The highest BCUT2D eigenvalue weighted by atomic mass is 16.2. The molecule has 3 heterocycles. The van der Waals surface area contributed by atoms with E-state index in [9.17, 15) is 4.79 Å². The predicted molar refractivity (Wildman–Crippen MR) is 125 cm³/mol. The van der Waals surface area contributed by atoms with Gasteiger partial charge >= 0.3 is 6.03 Å². The molecule has 3 aliphatic heterocycles. The number of urea groups is 1. The number of nitrogens with zero attached hydrogens (tertiary/aromatic N) is 1. The van der Waals surface area contributed by atoms with Crippen LogP contribution in [0, 0.1) is 23.7 Å². The van der Waals surface area contributed by atoms with Crippen molar-refractivity contribution >= 4 is 6.03 Å². The molecule has 4 aliphatic rings. The summed E-state index contributed by atoms with van der Waals surface area (Å²) in [6.45, 7) is 5.60. The summed E-state index contributed by atoms with van der Waals surface area (Å²) >= 11 is 0. The van der Waals surface area contributed by atoms with Gasteiger partial charge in [0.15, 0.2) is 0 Å². The summed E-state index contributed by atoms with van der Waals surface area (Å²) in [7, 11) is 0. The van der Waals surface area contributed by atoms with Crippen LogP contribution < -0.4 is 11.1 Å². The van der Waals surface area contributed by atoms with Crippen LogP contribution in [0.1, 0.15) is 37.8 Å². The van der Waals surface area contributed by atoms with Crippen molar-refractivity contribution < 1.29 is 4.79 Å². The maximum absolute atomic E-state index is 13.2. The van der Waals surface area contributed by atoms with Gasteiger partial charge in [0.2, 0.25) is 0 Å². The number of likely N-dealkylation sites (tertiary alicyclic amines) is 1. The molecule has 31 heavy (non-hydrogen) atoms. The molecule has 164 valence electrons. The van der Waals surface area contributed by atoms with Crippen LogP contribution in [-0.4, -0.2) is 35.1 Å². The molecule has 5 atom stereocenters. The molecule has 3 saturated heterocycles. The second kappa shape index (κ2) is 7.98.